The monoisotopic (exact) mass is 365 g/mol. The minimum Gasteiger partial charge on any atom is -0.347 e. The molecule has 1 aliphatic heterocycles. The van der Waals surface area contributed by atoms with Crippen LogP contribution >= 0.6 is 0 Å². The molecule has 4 rings (SSSR count). The number of nitrogens with one attached hydrogen (secondary N) is 1. The predicted molar refractivity (Wildman–Crippen MR) is 106 cm³/mol. The Morgan fingerprint density at radius 3 is 2.67 bits per heavy atom. The summed E-state index contributed by atoms with van der Waals surface area (Å²) in [6.45, 7) is 7.38. The summed E-state index contributed by atoms with van der Waals surface area (Å²) < 4.78 is 0. The summed E-state index contributed by atoms with van der Waals surface area (Å²) in [5.74, 6) is 0.446. The third kappa shape index (κ3) is 3.55. The highest BCUT2D eigenvalue weighted by atomic mass is 16.2. The lowest BCUT2D eigenvalue weighted by Crippen LogP contribution is -2.50. The predicted octanol–water partition coefficient (Wildman–Crippen LogP) is 3.29. The van der Waals surface area contributed by atoms with Gasteiger partial charge in [-0.3, -0.25) is 14.6 Å². The van der Waals surface area contributed by atoms with E-state index in [-0.39, 0.29) is 23.8 Å². The van der Waals surface area contributed by atoms with E-state index < -0.39 is 0 Å². The topological polar surface area (TPSA) is 62.3 Å². The van der Waals surface area contributed by atoms with Crippen molar-refractivity contribution in [2.45, 2.75) is 52.5 Å². The van der Waals surface area contributed by atoms with Crippen LogP contribution < -0.4 is 5.32 Å². The van der Waals surface area contributed by atoms with Gasteiger partial charge in [0, 0.05) is 36.1 Å². The first kappa shape index (κ1) is 18.0. The van der Waals surface area contributed by atoms with Gasteiger partial charge in [0.05, 0.1) is 11.1 Å². The Hall–Kier alpha value is -2.43. The molecule has 1 aliphatic carbocycles. The van der Waals surface area contributed by atoms with E-state index in [9.17, 15) is 9.59 Å². The number of pyridine rings is 1. The van der Waals surface area contributed by atoms with Gasteiger partial charge in [-0.05, 0) is 64.2 Å². The van der Waals surface area contributed by atoms with E-state index in [4.69, 9.17) is 0 Å². The molecule has 1 atom stereocenters. The molecule has 0 radical (unpaired) electrons. The van der Waals surface area contributed by atoms with Crippen LogP contribution in [0.25, 0.3) is 10.9 Å². The lowest BCUT2D eigenvalue weighted by Gasteiger charge is -2.33. The van der Waals surface area contributed by atoms with Gasteiger partial charge in [0.2, 0.25) is 5.91 Å². The number of rotatable bonds is 3. The fourth-order valence-corrected chi connectivity index (χ4v) is 4.03. The maximum atomic E-state index is 13.2. The molecular formula is C22H27N3O2. The van der Waals surface area contributed by atoms with Gasteiger partial charge in [-0.15, -0.1) is 0 Å². The van der Waals surface area contributed by atoms with Crippen molar-refractivity contribution in [2.24, 2.45) is 5.92 Å². The number of hydrogen-bond acceptors (Lipinski definition) is 3. The molecule has 2 aromatic rings. The smallest absolute Gasteiger partial charge is 0.252 e. The Kier molecular flexibility index (Phi) is 4.62. The molecule has 0 bridgehead atoms. The number of aromatic nitrogens is 1. The highest BCUT2D eigenvalue weighted by Gasteiger charge is 2.35. The molecule has 27 heavy (non-hydrogen) atoms. The summed E-state index contributed by atoms with van der Waals surface area (Å²) >= 11 is 0. The second-order valence-electron chi connectivity index (χ2n) is 8.09. The number of piperidine rings is 1. The minimum atomic E-state index is -0.0562. The van der Waals surface area contributed by atoms with Crippen molar-refractivity contribution in [1.29, 1.82) is 0 Å². The Balaban J connectivity index is 1.58. The van der Waals surface area contributed by atoms with Gasteiger partial charge in [-0.25, -0.2) is 0 Å². The molecule has 2 amide bonds. The number of fused-ring (bicyclic) bond motifs is 1. The maximum Gasteiger partial charge on any atom is 0.252 e. The molecule has 1 saturated carbocycles. The van der Waals surface area contributed by atoms with Crippen LogP contribution in [0.2, 0.25) is 0 Å². The second-order valence-corrected chi connectivity index (χ2v) is 8.09. The molecule has 1 aromatic heterocycles. The Bertz CT molecular complexity index is 917. The van der Waals surface area contributed by atoms with Crippen molar-refractivity contribution < 1.29 is 9.59 Å². The summed E-state index contributed by atoms with van der Waals surface area (Å²) in [4.78, 5) is 32.1. The van der Waals surface area contributed by atoms with Crippen molar-refractivity contribution in [3.8, 4) is 0 Å². The van der Waals surface area contributed by atoms with Crippen LogP contribution in [0, 0.1) is 26.7 Å². The Labute approximate surface area is 160 Å². The van der Waals surface area contributed by atoms with E-state index in [0.717, 1.165) is 60.0 Å². The van der Waals surface area contributed by atoms with Crippen LogP contribution in [0.4, 0.5) is 0 Å². The average Bonchev–Trinajstić information content (AvgIpc) is 3.48. The number of carbonyl (C=O) groups is 2. The summed E-state index contributed by atoms with van der Waals surface area (Å²) in [6.07, 6.45) is 3.90. The third-order valence-electron chi connectivity index (χ3n) is 5.85. The molecule has 0 spiro atoms. The van der Waals surface area contributed by atoms with Crippen molar-refractivity contribution >= 4 is 22.7 Å². The number of hydrogen-bond donors (Lipinski definition) is 1. The molecule has 142 valence electrons. The summed E-state index contributed by atoms with van der Waals surface area (Å²) in [7, 11) is 0. The second kappa shape index (κ2) is 6.95. The number of amides is 2. The lowest BCUT2D eigenvalue weighted by atomic mass is 9.98. The van der Waals surface area contributed by atoms with Gasteiger partial charge in [-0.1, -0.05) is 11.6 Å². The molecule has 1 saturated heterocycles. The van der Waals surface area contributed by atoms with Gasteiger partial charge in [0.15, 0.2) is 0 Å². The molecule has 5 nitrogen and oxygen atoms in total. The molecule has 2 heterocycles. The van der Waals surface area contributed by atoms with Crippen LogP contribution in [0.3, 0.4) is 0 Å². The van der Waals surface area contributed by atoms with E-state index in [1.165, 1.54) is 0 Å². The zero-order chi connectivity index (χ0) is 19.1. The molecule has 5 heteroatoms. The Morgan fingerprint density at radius 2 is 1.93 bits per heavy atom. The standard InChI is InChI=1S/C22H27N3O2/c1-13-6-9-19-18(11-13)20(14(2)15(3)23-19)21(26)24-17-5-4-10-25(12-17)22(27)16-7-8-16/h6,9,11,16-17H,4-5,7-8,10,12H2,1-3H3,(H,24,26)/t17-/m0/s1. The number of aryl methyl sites for hydroxylation is 2. The fraction of sp³-hybridized carbons (Fsp3) is 0.500. The van der Waals surface area contributed by atoms with E-state index in [2.05, 4.69) is 10.3 Å². The zero-order valence-corrected chi connectivity index (χ0v) is 16.3. The van der Waals surface area contributed by atoms with E-state index in [1.54, 1.807) is 0 Å². The first-order valence-corrected chi connectivity index (χ1v) is 9.91. The number of benzene rings is 1. The lowest BCUT2D eigenvalue weighted by molar-refractivity contribution is -0.133. The zero-order valence-electron chi connectivity index (χ0n) is 16.3. The van der Waals surface area contributed by atoms with Gasteiger partial charge in [0.1, 0.15) is 0 Å². The van der Waals surface area contributed by atoms with Crippen LogP contribution in [0.5, 0.6) is 0 Å². The van der Waals surface area contributed by atoms with Crippen molar-refractivity contribution in [1.82, 2.24) is 15.2 Å². The molecular weight excluding hydrogens is 338 g/mol. The third-order valence-corrected chi connectivity index (χ3v) is 5.85. The first-order valence-electron chi connectivity index (χ1n) is 9.91. The van der Waals surface area contributed by atoms with Gasteiger partial charge < -0.3 is 10.2 Å². The van der Waals surface area contributed by atoms with Crippen LogP contribution in [-0.4, -0.2) is 40.8 Å². The normalized spacial score (nSPS) is 20.0. The number of nitrogens with zero attached hydrogens (tertiary/aromatic N) is 2. The quantitative estimate of drug-likeness (QED) is 0.908. The van der Waals surface area contributed by atoms with E-state index in [0.29, 0.717) is 12.1 Å². The average molecular weight is 365 g/mol. The SMILES string of the molecule is Cc1ccc2nc(C)c(C)c(C(=O)N[C@H]3CCCN(C(=O)C4CC4)C3)c2c1. The minimum absolute atomic E-state index is 0.0154. The molecule has 2 fully saturated rings. The van der Waals surface area contributed by atoms with Crippen molar-refractivity contribution in [3.63, 3.8) is 0 Å². The summed E-state index contributed by atoms with van der Waals surface area (Å²) in [5, 5.41) is 4.10. The number of likely N-dealkylation sites (tertiary alicyclic amines) is 1. The van der Waals surface area contributed by atoms with E-state index >= 15 is 0 Å². The number of carbonyl (C=O) groups excluding carboxylic acids is 2. The highest BCUT2D eigenvalue weighted by molar-refractivity contribution is 6.07. The van der Waals surface area contributed by atoms with Crippen LogP contribution in [0.1, 0.15) is 52.9 Å². The first-order chi connectivity index (χ1) is 12.9. The van der Waals surface area contributed by atoms with Gasteiger partial charge in [0.25, 0.3) is 5.91 Å². The summed E-state index contributed by atoms with van der Waals surface area (Å²) in [5.41, 5.74) is 4.48. The van der Waals surface area contributed by atoms with Crippen LogP contribution in [-0.2, 0) is 4.79 Å². The van der Waals surface area contributed by atoms with Crippen molar-refractivity contribution in [3.05, 3.63) is 40.6 Å². The Morgan fingerprint density at radius 1 is 1.15 bits per heavy atom. The largest absolute Gasteiger partial charge is 0.347 e. The highest BCUT2D eigenvalue weighted by Crippen LogP contribution is 2.32. The fourth-order valence-electron chi connectivity index (χ4n) is 4.03. The van der Waals surface area contributed by atoms with Crippen molar-refractivity contribution in [2.75, 3.05) is 13.1 Å². The molecule has 0 unspecified atom stereocenters. The molecule has 1 aromatic carbocycles. The summed E-state index contributed by atoms with van der Waals surface area (Å²) in [6, 6.07) is 6.05. The van der Waals surface area contributed by atoms with Gasteiger partial charge in [-0.2, -0.15) is 0 Å². The van der Waals surface area contributed by atoms with E-state index in [1.807, 2.05) is 43.9 Å². The molecule has 1 N–H and O–H groups in total. The maximum absolute atomic E-state index is 13.2. The van der Waals surface area contributed by atoms with Crippen LogP contribution in [0.15, 0.2) is 18.2 Å². The molecule has 2 aliphatic rings. The van der Waals surface area contributed by atoms with Gasteiger partial charge >= 0.3 is 0 Å².